The van der Waals surface area contributed by atoms with Gasteiger partial charge in [-0.1, -0.05) is 72.3 Å². The van der Waals surface area contributed by atoms with Crippen molar-refractivity contribution in [2.24, 2.45) is 0 Å². The van der Waals surface area contributed by atoms with Crippen LogP contribution in [-0.4, -0.2) is 36.6 Å². The summed E-state index contributed by atoms with van der Waals surface area (Å²) < 4.78 is 11.5. The molecule has 0 fully saturated rings. The lowest BCUT2D eigenvalue weighted by atomic mass is 10.0. The molecule has 0 aliphatic heterocycles. The van der Waals surface area contributed by atoms with Crippen LogP contribution in [-0.2, 0) is 9.59 Å². The van der Waals surface area contributed by atoms with Crippen molar-refractivity contribution < 1.29 is 28.7 Å². The number of aryl methyl sites for hydroxylation is 3. The highest BCUT2D eigenvalue weighted by molar-refractivity contribution is 6.10. The molecule has 2 amide bonds. The summed E-state index contributed by atoms with van der Waals surface area (Å²) in [5.41, 5.74) is 5.54. The Labute approximate surface area is 273 Å². The molecule has 0 aromatic heterocycles. The second-order valence-electron chi connectivity index (χ2n) is 11.1. The maximum atomic E-state index is 12.9. The van der Waals surface area contributed by atoms with Gasteiger partial charge in [-0.25, -0.2) is 0 Å². The van der Waals surface area contributed by atoms with Gasteiger partial charge in [0.15, 0.2) is 24.8 Å². The Balaban J connectivity index is 1.13. The third-order valence-corrected chi connectivity index (χ3v) is 7.42. The van der Waals surface area contributed by atoms with Crippen LogP contribution in [0.25, 0.3) is 0 Å². The molecule has 0 aliphatic carbocycles. The molecule has 0 unspecified atom stereocenters. The first-order valence-corrected chi connectivity index (χ1v) is 15.0. The fourth-order valence-electron chi connectivity index (χ4n) is 4.89. The summed E-state index contributed by atoms with van der Waals surface area (Å²) in [4.78, 5) is 51.2. The Morgan fingerprint density at radius 3 is 1.34 bits per heavy atom. The Bertz CT molecular complexity index is 1930. The summed E-state index contributed by atoms with van der Waals surface area (Å²) in [5.74, 6) is -0.0886. The van der Waals surface area contributed by atoms with Gasteiger partial charge in [0.25, 0.3) is 11.8 Å². The van der Waals surface area contributed by atoms with E-state index in [4.69, 9.17) is 9.47 Å². The van der Waals surface area contributed by atoms with Crippen molar-refractivity contribution in [1.29, 1.82) is 0 Å². The number of ether oxygens (including phenoxy) is 2. The smallest absolute Gasteiger partial charge is 0.262 e. The van der Waals surface area contributed by atoms with Crippen LogP contribution in [0.3, 0.4) is 0 Å². The maximum absolute atomic E-state index is 12.9. The molecule has 236 valence electrons. The monoisotopic (exact) mass is 626 g/mol. The third-order valence-electron chi connectivity index (χ3n) is 7.42. The summed E-state index contributed by atoms with van der Waals surface area (Å²) in [6, 6.07) is 33.3. The number of benzene rings is 5. The van der Waals surface area contributed by atoms with Gasteiger partial charge in [0, 0.05) is 22.3 Å². The minimum atomic E-state index is -0.428. The number of hydrogen-bond acceptors (Lipinski definition) is 6. The van der Waals surface area contributed by atoms with E-state index in [0.717, 1.165) is 16.7 Å². The van der Waals surface area contributed by atoms with Gasteiger partial charge in [0.2, 0.25) is 0 Å². The predicted molar refractivity (Wildman–Crippen MR) is 182 cm³/mol. The number of rotatable bonds is 12. The molecule has 5 aromatic rings. The molecule has 0 atom stereocenters. The Kier molecular flexibility index (Phi) is 10.2. The topological polar surface area (TPSA) is 111 Å². The molecule has 0 saturated carbocycles. The highest BCUT2D eigenvalue weighted by Gasteiger charge is 2.15. The largest absolute Gasteiger partial charge is 0.483 e. The number of anilines is 2. The fraction of sp³-hybridized carbons (Fsp3) is 0.128. The molecule has 8 heteroatoms. The Morgan fingerprint density at radius 1 is 0.489 bits per heavy atom. The zero-order valence-electron chi connectivity index (χ0n) is 26.3. The van der Waals surface area contributed by atoms with E-state index in [-0.39, 0.29) is 24.8 Å². The van der Waals surface area contributed by atoms with Gasteiger partial charge < -0.3 is 20.1 Å². The minimum absolute atomic E-state index is 0.0928. The molecule has 5 aromatic carbocycles. The number of amides is 2. The Morgan fingerprint density at radius 2 is 0.894 bits per heavy atom. The van der Waals surface area contributed by atoms with E-state index in [2.05, 4.69) is 10.6 Å². The van der Waals surface area contributed by atoms with Crippen LogP contribution in [0, 0.1) is 20.8 Å². The SMILES string of the molecule is Cc1ccc(C(=O)c2ccc(OCC(=O)Nc3ccccc3NC(=O)COc3ccc(C(=O)c4ccccc4)cc3C)c(C)c2)cc1. The van der Waals surface area contributed by atoms with Gasteiger partial charge in [0.05, 0.1) is 11.4 Å². The summed E-state index contributed by atoms with van der Waals surface area (Å²) in [6.07, 6.45) is 0. The molecular formula is C39H34N2O6. The van der Waals surface area contributed by atoms with E-state index in [1.165, 1.54) is 0 Å². The molecule has 0 saturated heterocycles. The fourth-order valence-corrected chi connectivity index (χ4v) is 4.89. The van der Waals surface area contributed by atoms with Crippen LogP contribution in [0.5, 0.6) is 11.5 Å². The number of carbonyl (C=O) groups is 4. The summed E-state index contributed by atoms with van der Waals surface area (Å²) in [5, 5.41) is 5.54. The number of hydrogen-bond donors (Lipinski definition) is 2. The highest BCUT2D eigenvalue weighted by atomic mass is 16.5. The zero-order chi connectivity index (χ0) is 33.3. The van der Waals surface area contributed by atoms with E-state index in [0.29, 0.717) is 45.1 Å². The average molecular weight is 627 g/mol. The van der Waals surface area contributed by atoms with E-state index in [1.807, 2.05) is 51.1 Å². The van der Waals surface area contributed by atoms with Crippen molar-refractivity contribution in [2.45, 2.75) is 20.8 Å². The van der Waals surface area contributed by atoms with Crippen molar-refractivity contribution in [2.75, 3.05) is 23.8 Å². The summed E-state index contributed by atoms with van der Waals surface area (Å²) >= 11 is 0. The lowest BCUT2D eigenvalue weighted by Gasteiger charge is -2.14. The number of ketones is 2. The third kappa shape index (κ3) is 8.38. The van der Waals surface area contributed by atoms with Gasteiger partial charge in [0.1, 0.15) is 11.5 Å². The quantitative estimate of drug-likeness (QED) is 0.143. The maximum Gasteiger partial charge on any atom is 0.262 e. The summed E-state index contributed by atoms with van der Waals surface area (Å²) in [6.45, 7) is 5.03. The van der Waals surface area contributed by atoms with Crippen molar-refractivity contribution in [3.8, 4) is 11.5 Å². The number of para-hydroxylation sites is 2. The van der Waals surface area contributed by atoms with E-state index >= 15 is 0 Å². The standard InChI is InChI=1S/C39H34N2O6/c1-25-13-15-29(16-14-25)39(45)31-18-20-35(27(3)22-31)47-24-37(43)41-33-12-8-7-11-32(33)40-36(42)23-46-34-19-17-30(21-26(34)2)38(44)28-9-5-4-6-10-28/h4-22H,23-24H2,1-3H3,(H,40,42)(H,41,43). The first-order valence-electron chi connectivity index (χ1n) is 15.0. The molecule has 0 aliphatic rings. The molecule has 2 N–H and O–H groups in total. The molecule has 0 radical (unpaired) electrons. The average Bonchev–Trinajstić information content (AvgIpc) is 3.08. The first-order chi connectivity index (χ1) is 22.7. The van der Waals surface area contributed by atoms with Crippen molar-refractivity contribution >= 4 is 34.8 Å². The van der Waals surface area contributed by atoms with Crippen molar-refractivity contribution in [3.05, 3.63) is 154 Å². The number of carbonyl (C=O) groups excluding carboxylic acids is 4. The van der Waals surface area contributed by atoms with E-state index in [9.17, 15) is 19.2 Å². The van der Waals surface area contributed by atoms with E-state index < -0.39 is 11.8 Å². The predicted octanol–water partition coefficient (Wildman–Crippen LogP) is 7.11. The van der Waals surface area contributed by atoms with Gasteiger partial charge >= 0.3 is 0 Å². The molecule has 8 nitrogen and oxygen atoms in total. The van der Waals surface area contributed by atoms with Gasteiger partial charge in [-0.05, 0) is 80.4 Å². The van der Waals surface area contributed by atoms with Crippen LogP contribution >= 0.6 is 0 Å². The molecular weight excluding hydrogens is 592 g/mol. The van der Waals surface area contributed by atoms with Crippen LogP contribution < -0.4 is 20.1 Å². The lowest BCUT2D eigenvalue weighted by molar-refractivity contribution is -0.119. The van der Waals surface area contributed by atoms with Crippen molar-refractivity contribution in [1.82, 2.24) is 0 Å². The normalized spacial score (nSPS) is 10.5. The molecule has 0 heterocycles. The highest BCUT2D eigenvalue weighted by Crippen LogP contribution is 2.24. The molecule has 5 rings (SSSR count). The van der Waals surface area contributed by atoms with Gasteiger partial charge in [-0.2, -0.15) is 0 Å². The minimum Gasteiger partial charge on any atom is -0.483 e. The van der Waals surface area contributed by atoms with Gasteiger partial charge in [-0.15, -0.1) is 0 Å². The summed E-state index contributed by atoms with van der Waals surface area (Å²) in [7, 11) is 0. The molecule has 0 spiro atoms. The van der Waals surface area contributed by atoms with E-state index in [1.54, 1.807) is 84.9 Å². The van der Waals surface area contributed by atoms with Crippen LogP contribution in [0.4, 0.5) is 11.4 Å². The first kappa shape index (κ1) is 32.4. The van der Waals surface area contributed by atoms with Crippen LogP contribution in [0.1, 0.15) is 48.5 Å². The van der Waals surface area contributed by atoms with Crippen LogP contribution in [0.2, 0.25) is 0 Å². The second kappa shape index (κ2) is 14.8. The number of nitrogens with one attached hydrogen (secondary N) is 2. The molecule has 47 heavy (non-hydrogen) atoms. The van der Waals surface area contributed by atoms with Crippen LogP contribution in [0.15, 0.2) is 115 Å². The Hall–Kier alpha value is -6.02. The molecule has 0 bridgehead atoms. The second-order valence-corrected chi connectivity index (χ2v) is 11.1. The van der Waals surface area contributed by atoms with Crippen molar-refractivity contribution in [3.63, 3.8) is 0 Å². The zero-order valence-corrected chi connectivity index (χ0v) is 26.3. The lowest BCUT2D eigenvalue weighted by Crippen LogP contribution is -2.24. The van der Waals surface area contributed by atoms with Gasteiger partial charge in [-0.3, -0.25) is 19.2 Å².